The number of aryl methyl sites for hydroxylation is 2. The Balaban J connectivity index is 0.00000216. The van der Waals surface area contributed by atoms with Crippen molar-refractivity contribution < 1.29 is 0 Å². The van der Waals surface area contributed by atoms with Gasteiger partial charge in [-0.25, -0.2) is 0 Å². The van der Waals surface area contributed by atoms with Gasteiger partial charge in [-0.05, 0) is 62.8 Å². The number of unbranched alkanes of at least 4 members (excludes halogenated alkanes) is 4. The highest BCUT2D eigenvalue weighted by Crippen LogP contribution is 2.20. The molecule has 2 aromatic heterocycles. The van der Waals surface area contributed by atoms with Gasteiger partial charge in [0.1, 0.15) is 0 Å². The van der Waals surface area contributed by atoms with Crippen LogP contribution in [0.15, 0.2) is 59.0 Å². The monoisotopic (exact) mass is 608 g/mol. The maximum absolute atomic E-state index is 4.92. The molecule has 0 saturated heterocycles. The first-order valence-corrected chi connectivity index (χ1v) is 13.7. The second-order valence-corrected chi connectivity index (χ2v) is 10.2. The van der Waals surface area contributed by atoms with E-state index in [0.717, 1.165) is 23.8 Å². The molecule has 4 rings (SSSR count). The molecule has 0 unspecified atom stereocenters. The number of hydrogen-bond acceptors (Lipinski definition) is 2. The van der Waals surface area contributed by atoms with E-state index in [-0.39, 0.29) is 34.0 Å². The summed E-state index contributed by atoms with van der Waals surface area (Å²) in [5.74, 6) is 0. The molecule has 6 heteroatoms. The van der Waals surface area contributed by atoms with Gasteiger partial charge in [-0.2, -0.15) is 0 Å². The number of hydrogen-bond donors (Lipinski definition) is 0. The van der Waals surface area contributed by atoms with Crippen molar-refractivity contribution in [3.05, 3.63) is 59.8 Å². The highest BCUT2D eigenvalue weighted by Gasteiger charge is 2.11. The van der Waals surface area contributed by atoms with Crippen molar-refractivity contribution in [2.45, 2.75) is 121 Å². The fraction of sp³-hybridized carbons (Fsp3) is 0.655. The molecule has 4 nitrogen and oxygen atoms in total. The van der Waals surface area contributed by atoms with Crippen LogP contribution < -0.4 is 10.7 Å². The molecule has 2 aliphatic carbocycles. The lowest BCUT2D eigenvalue weighted by molar-refractivity contribution is 0.437. The molecule has 0 N–H and O–H groups in total. The SMILES string of the molecule is Br.Br.c1cn(CCCCCCCn2ccc(=NC3CCCCC3)cc2)ccc1=NC1CCCCC1. The molecule has 2 aromatic rings. The van der Waals surface area contributed by atoms with Gasteiger partial charge < -0.3 is 9.13 Å². The lowest BCUT2D eigenvalue weighted by Crippen LogP contribution is -2.15. The number of nitrogens with zero attached hydrogens (tertiary/aromatic N) is 4. The summed E-state index contributed by atoms with van der Waals surface area (Å²) in [5, 5.41) is 2.32. The lowest BCUT2D eigenvalue weighted by atomic mass is 9.96. The first-order chi connectivity index (χ1) is 16.3. The molecule has 2 aliphatic rings. The van der Waals surface area contributed by atoms with Crippen LogP contribution in [0, 0.1) is 0 Å². The zero-order valence-corrected chi connectivity index (χ0v) is 24.8. The smallest absolute Gasteiger partial charge is 0.0606 e. The first kappa shape index (κ1) is 30.1. The fourth-order valence-electron chi connectivity index (χ4n) is 5.33. The minimum absolute atomic E-state index is 0. The predicted octanol–water partition coefficient (Wildman–Crippen LogP) is 7.56. The summed E-state index contributed by atoms with van der Waals surface area (Å²) >= 11 is 0. The van der Waals surface area contributed by atoms with E-state index in [4.69, 9.17) is 9.98 Å². The van der Waals surface area contributed by atoms with Gasteiger partial charge in [-0.15, -0.1) is 34.0 Å². The van der Waals surface area contributed by atoms with Gasteiger partial charge >= 0.3 is 0 Å². The molecule has 0 aliphatic heterocycles. The average Bonchev–Trinajstić information content (AvgIpc) is 2.87. The zero-order chi connectivity index (χ0) is 22.6. The minimum Gasteiger partial charge on any atom is -0.354 e. The van der Waals surface area contributed by atoms with Gasteiger partial charge in [0.2, 0.25) is 0 Å². The van der Waals surface area contributed by atoms with Gasteiger partial charge in [-0.3, -0.25) is 9.98 Å². The van der Waals surface area contributed by atoms with Crippen LogP contribution in [-0.2, 0) is 13.1 Å². The van der Waals surface area contributed by atoms with E-state index >= 15 is 0 Å². The molecule has 0 bridgehead atoms. The molecule has 35 heavy (non-hydrogen) atoms. The van der Waals surface area contributed by atoms with Crippen molar-refractivity contribution in [1.82, 2.24) is 9.13 Å². The van der Waals surface area contributed by atoms with Crippen molar-refractivity contribution in [2.24, 2.45) is 9.98 Å². The Labute approximate surface area is 233 Å². The van der Waals surface area contributed by atoms with Crippen molar-refractivity contribution in [2.75, 3.05) is 0 Å². The predicted molar refractivity (Wildman–Crippen MR) is 157 cm³/mol. The molecular weight excluding hydrogens is 564 g/mol. The van der Waals surface area contributed by atoms with E-state index in [1.807, 2.05) is 0 Å². The van der Waals surface area contributed by atoms with Crippen LogP contribution in [0.5, 0.6) is 0 Å². The van der Waals surface area contributed by atoms with Crippen LogP contribution in [0.25, 0.3) is 0 Å². The highest BCUT2D eigenvalue weighted by molar-refractivity contribution is 8.93. The largest absolute Gasteiger partial charge is 0.354 e. The molecule has 0 atom stereocenters. The molecule has 2 saturated carbocycles. The summed E-state index contributed by atoms with van der Waals surface area (Å²) in [6.07, 6.45) is 28.6. The number of halogens is 2. The van der Waals surface area contributed by atoms with E-state index in [0.29, 0.717) is 12.1 Å². The van der Waals surface area contributed by atoms with E-state index in [1.54, 1.807) is 0 Å². The second kappa shape index (κ2) is 17.3. The molecule has 0 radical (unpaired) electrons. The van der Waals surface area contributed by atoms with E-state index in [1.165, 1.54) is 96.3 Å². The summed E-state index contributed by atoms with van der Waals surface area (Å²) in [6.45, 7) is 2.23. The van der Waals surface area contributed by atoms with Crippen molar-refractivity contribution in [3.8, 4) is 0 Å². The molecule has 0 spiro atoms. The molecule has 2 heterocycles. The third-order valence-electron chi connectivity index (χ3n) is 7.39. The third kappa shape index (κ3) is 11.2. The Hall–Kier alpha value is -1.14. The topological polar surface area (TPSA) is 34.6 Å². The molecule has 0 aromatic carbocycles. The first-order valence-electron chi connectivity index (χ1n) is 13.7. The Morgan fingerprint density at radius 3 is 1.23 bits per heavy atom. The van der Waals surface area contributed by atoms with Crippen LogP contribution in [0.1, 0.15) is 96.3 Å². The maximum atomic E-state index is 4.92. The Kier molecular flexibility index (Phi) is 14.9. The average molecular weight is 611 g/mol. The summed E-state index contributed by atoms with van der Waals surface area (Å²) in [6, 6.07) is 9.89. The summed E-state index contributed by atoms with van der Waals surface area (Å²) < 4.78 is 4.63. The Bertz CT molecular complexity index is 835. The van der Waals surface area contributed by atoms with Gasteiger partial charge in [-0.1, -0.05) is 57.8 Å². The summed E-state index contributed by atoms with van der Waals surface area (Å²) in [7, 11) is 0. The van der Waals surface area contributed by atoms with E-state index in [2.05, 4.69) is 58.2 Å². The molecule has 2 fully saturated rings. The number of pyridine rings is 2. The quantitative estimate of drug-likeness (QED) is 0.249. The molecule has 196 valence electrons. The van der Waals surface area contributed by atoms with Crippen molar-refractivity contribution in [3.63, 3.8) is 0 Å². The van der Waals surface area contributed by atoms with Gasteiger partial charge in [0.15, 0.2) is 0 Å². The van der Waals surface area contributed by atoms with Crippen LogP contribution in [0.2, 0.25) is 0 Å². The van der Waals surface area contributed by atoms with Crippen molar-refractivity contribution in [1.29, 1.82) is 0 Å². The Morgan fingerprint density at radius 1 is 0.514 bits per heavy atom. The van der Waals surface area contributed by atoms with Crippen molar-refractivity contribution >= 4 is 34.0 Å². The summed E-state index contributed by atoms with van der Waals surface area (Å²) in [5.41, 5.74) is 0. The van der Waals surface area contributed by atoms with E-state index in [9.17, 15) is 0 Å². The standard InChI is InChI=1S/C29H44N4.2BrH/c1(2-10-20-32-22-16-28(17-23-32)30-26-12-6-4-7-13-26)3-11-21-33-24-18-29(19-25-33)31-27-14-8-5-9-15-27;;/h16-19,22-27H,1-15,20-21H2;2*1H. The van der Waals surface area contributed by atoms with E-state index < -0.39 is 0 Å². The highest BCUT2D eigenvalue weighted by atomic mass is 79.9. The molecular formula is C29H46Br2N4. The minimum atomic E-state index is 0. The van der Waals surface area contributed by atoms with Crippen LogP contribution in [0.4, 0.5) is 0 Å². The third-order valence-corrected chi connectivity index (χ3v) is 7.39. The second-order valence-electron chi connectivity index (χ2n) is 10.2. The van der Waals surface area contributed by atoms with Crippen LogP contribution >= 0.6 is 34.0 Å². The normalized spacial score (nSPS) is 16.7. The lowest BCUT2D eigenvalue weighted by Gasteiger charge is -2.17. The van der Waals surface area contributed by atoms with Gasteiger partial charge in [0, 0.05) is 37.9 Å². The Morgan fingerprint density at radius 2 is 0.857 bits per heavy atom. The number of aromatic nitrogens is 2. The van der Waals surface area contributed by atoms with Crippen LogP contribution in [0.3, 0.4) is 0 Å². The fourth-order valence-corrected chi connectivity index (χ4v) is 5.33. The maximum Gasteiger partial charge on any atom is 0.0606 e. The van der Waals surface area contributed by atoms with Gasteiger partial charge in [0.05, 0.1) is 22.8 Å². The summed E-state index contributed by atoms with van der Waals surface area (Å²) in [4.78, 5) is 9.85. The van der Waals surface area contributed by atoms with Crippen LogP contribution in [-0.4, -0.2) is 21.2 Å². The number of rotatable bonds is 10. The van der Waals surface area contributed by atoms with Gasteiger partial charge in [0.25, 0.3) is 0 Å². The zero-order valence-electron chi connectivity index (χ0n) is 21.4. The molecule has 0 amide bonds.